The molecule has 5 nitrogen and oxygen atoms in total. The second kappa shape index (κ2) is 4.08. The molecule has 2 aliphatic rings. The minimum absolute atomic E-state index is 0.141. The van der Waals surface area contributed by atoms with Gasteiger partial charge in [0.1, 0.15) is 17.6 Å². The third-order valence-corrected chi connectivity index (χ3v) is 3.55. The Bertz CT molecular complexity index is 364. The van der Waals surface area contributed by atoms with Gasteiger partial charge in [-0.1, -0.05) is 0 Å². The van der Waals surface area contributed by atoms with Crippen LogP contribution in [-0.4, -0.2) is 37.7 Å². The van der Waals surface area contributed by atoms with Gasteiger partial charge in [0, 0.05) is 34.0 Å². The van der Waals surface area contributed by atoms with Crippen molar-refractivity contribution >= 4 is 5.78 Å². The molecule has 0 aromatic heterocycles. The number of carbonyl (C=O) groups is 1. The van der Waals surface area contributed by atoms with Crippen LogP contribution in [0.5, 0.6) is 0 Å². The zero-order valence-electron chi connectivity index (χ0n) is 10.6. The fourth-order valence-electron chi connectivity index (χ4n) is 2.10. The van der Waals surface area contributed by atoms with Crippen LogP contribution in [0.3, 0.4) is 0 Å². The molecule has 1 aliphatic heterocycles. The third kappa shape index (κ3) is 1.88. The lowest BCUT2D eigenvalue weighted by molar-refractivity contribution is -0.413. The highest BCUT2D eigenvalue weighted by Crippen LogP contribution is 2.42. The summed E-state index contributed by atoms with van der Waals surface area (Å²) in [5.41, 5.74) is 0. The van der Waals surface area contributed by atoms with E-state index >= 15 is 0 Å². The highest BCUT2D eigenvalue weighted by atomic mass is 16.8. The summed E-state index contributed by atoms with van der Waals surface area (Å²) in [6.45, 7) is 3.50. The van der Waals surface area contributed by atoms with E-state index in [4.69, 9.17) is 18.9 Å². The zero-order valence-corrected chi connectivity index (χ0v) is 10.6. The van der Waals surface area contributed by atoms with Crippen molar-refractivity contribution in [3.63, 3.8) is 0 Å². The Hall–Kier alpha value is -0.910. The van der Waals surface area contributed by atoms with E-state index in [-0.39, 0.29) is 11.9 Å². The van der Waals surface area contributed by atoms with Crippen molar-refractivity contribution in [2.75, 3.05) is 14.2 Å². The minimum Gasteiger partial charge on any atom is -0.459 e. The molecule has 0 radical (unpaired) electrons. The topological polar surface area (TPSA) is 54.0 Å². The standard InChI is InChI=1S/C12H18O5/c1-11(14-3)12(2,15-4)17-10-7-8(13)5-6-9(10)16-11/h6,10H,5,7H2,1-4H3/t10?,11-,12-/m0/s1. The van der Waals surface area contributed by atoms with Crippen molar-refractivity contribution in [1.82, 2.24) is 0 Å². The lowest BCUT2D eigenvalue weighted by Gasteiger charge is -2.50. The largest absolute Gasteiger partial charge is 0.459 e. The molecule has 1 saturated heterocycles. The Morgan fingerprint density at radius 1 is 1.29 bits per heavy atom. The summed E-state index contributed by atoms with van der Waals surface area (Å²) >= 11 is 0. The molecule has 0 N–H and O–H groups in total. The lowest BCUT2D eigenvalue weighted by atomic mass is 9.97. The second-order valence-electron chi connectivity index (χ2n) is 4.56. The molecule has 5 heteroatoms. The predicted molar refractivity (Wildman–Crippen MR) is 59.1 cm³/mol. The summed E-state index contributed by atoms with van der Waals surface area (Å²) in [7, 11) is 3.06. The first kappa shape index (κ1) is 12.5. The van der Waals surface area contributed by atoms with Crippen LogP contribution in [0.4, 0.5) is 0 Å². The smallest absolute Gasteiger partial charge is 0.261 e. The first-order valence-electron chi connectivity index (χ1n) is 5.63. The van der Waals surface area contributed by atoms with Crippen LogP contribution in [0.25, 0.3) is 0 Å². The van der Waals surface area contributed by atoms with Crippen molar-refractivity contribution in [1.29, 1.82) is 0 Å². The molecular weight excluding hydrogens is 224 g/mol. The molecule has 0 aromatic rings. The zero-order chi connectivity index (χ0) is 12.7. The van der Waals surface area contributed by atoms with Gasteiger partial charge in [0.15, 0.2) is 0 Å². The fourth-order valence-corrected chi connectivity index (χ4v) is 2.10. The maximum Gasteiger partial charge on any atom is 0.261 e. The van der Waals surface area contributed by atoms with Crippen LogP contribution in [-0.2, 0) is 23.7 Å². The van der Waals surface area contributed by atoms with E-state index in [2.05, 4.69) is 0 Å². The quantitative estimate of drug-likeness (QED) is 0.732. The molecule has 1 unspecified atom stereocenters. The first-order valence-corrected chi connectivity index (χ1v) is 5.63. The van der Waals surface area contributed by atoms with E-state index in [1.54, 1.807) is 19.9 Å². The van der Waals surface area contributed by atoms with E-state index in [0.29, 0.717) is 18.6 Å². The monoisotopic (exact) mass is 242 g/mol. The Morgan fingerprint density at radius 3 is 2.53 bits per heavy atom. The number of ether oxygens (including phenoxy) is 4. The first-order chi connectivity index (χ1) is 7.94. The summed E-state index contributed by atoms with van der Waals surface area (Å²) in [4.78, 5) is 11.4. The molecule has 3 atom stereocenters. The van der Waals surface area contributed by atoms with Crippen LogP contribution in [0.2, 0.25) is 0 Å². The third-order valence-electron chi connectivity index (χ3n) is 3.55. The lowest BCUT2D eigenvalue weighted by Crippen LogP contribution is -2.62. The van der Waals surface area contributed by atoms with Crippen molar-refractivity contribution in [3.05, 3.63) is 11.8 Å². The number of carbonyl (C=O) groups excluding carboxylic acids is 1. The summed E-state index contributed by atoms with van der Waals surface area (Å²) in [5.74, 6) is -1.27. The van der Waals surface area contributed by atoms with Gasteiger partial charge in [0.25, 0.3) is 5.79 Å². The van der Waals surface area contributed by atoms with E-state index < -0.39 is 11.6 Å². The number of methoxy groups -OCH3 is 2. The maximum absolute atomic E-state index is 11.4. The molecular formula is C12H18O5. The predicted octanol–water partition coefficient (Wildman–Crippen LogP) is 1.37. The Morgan fingerprint density at radius 2 is 1.94 bits per heavy atom. The van der Waals surface area contributed by atoms with E-state index in [0.717, 1.165) is 0 Å². The highest BCUT2D eigenvalue weighted by Gasteiger charge is 2.56. The molecule has 1 fully saturated rings. The maximum atomic E-state index is 11.4. The van der Waals surface area contributed by atoms with Gasteiger partial charge in [-0.05, 0) is 13.0 Å². The highest BCUT2D eigenvalue weighted by molar-refractivity contribution is 5.82. The molecule has 96 valence electrons. The van der Waals surface area contributed by atoms with Gasteiger partial charge in [0.2, 0.25) is 5.79 Å². The van der Waals surface area contributed by atoms with Crippen molar-refractivity contribution < 1.29 is 23.7 Å². The van der Waals surface area contributed by atoms with E-state index in [1.165, 1.54) is 14.2 Å². The number of rotatable bonds is 2. The van der Waals surface area contributed by atoms with Crippen LogP contribution in [0.15, 0.2) is 11.8 Å². The van der Waals surface area contributed by atoms with Crippen molar-refractivity contribution in [2.24, 2.45) is 0 Å². The summed E-state index contributed by atoms with van der Waals surface area (Å²) in [6.07, 6.45) is 2.09. The second-order valence-corrected chi connectivity index (χ2v) is 4.56. The van der Waals surface area contributed by atoms with Gasteiger partial charge in [-0.25, -0.2) is 0 Å². The number of allylic oxidation sites excluding steroid dienone is 1. The molecule has 17 heavy (non-hydrogen) atoms. The molecule has 0 bridgehead atoms. The average Bonchev–Trinajstić information content (AvgIpc) is 2.31. The Labute approximate surface area is 101 Å². The number of hydrogen-bond acceptors (Lipinski definition) is 5. The van der Waals surface area contributed by atoms with E-state index in [1.807, 2.05) is 0 Å². The van der Waals surface area contributed by atoms with Gasteiger partial charge in [-0.15, -0.1) is 0 Å². The number of fused-ring (bicyclic) bond motifs is 1. The molecule has 1 heterocycles. The summed E-state index contributed by atoms with van der Waals surface area (Å²) in [6, 6.07) is 0. The van der Waals surface area contributed by atoms with Gasteiger partial charge in [-0.2, -0.15) is 0 Å². The van der Waals surface area contributed by atoms with E-state index in [9.17, 15) is 4.79 Å². The van der Waals surface area contributed by atoms with Gasteiger partial charge < -0.3 is 18.9 Å². The molecule has 0 amide bonds. The average molecular weight is 242 g/mol. The summed E-state index contributed by atoms with van der Waals surface area (Å²) in [5, 5.41) is 0. The SMILES string of the molecule is CO[C@@]1(C)OC2=CCC(=O)CC2O[C@]1(C)OC. The molecule has 0 saturated carbocycles. The van der Waals surface area contributed by atoms with Gasteiger partial charge in [-0.3, -0.25) is 4.79 Å². The van der Waals surface area contributed by atoms with Crippen LogP contribution >= 0.6 is 0 Å². The normalized spacial score (nSPS) is 41.5. The number of Topliss-reactive ketones (excluding diaryl/α,β-unsaturated/α-hetero) is 1. The van der Waals surface area contributed by atoms with Crippen LogP contribution in [0, 0.1) is 0 Å². The van der Waals surface area contributed by atoms with Gasteiger partial charge in [0.05, 0.1) is 0 Å². The fraction of sp³-hybridized carbons (Fsp3) is 0.750. The van der Waals surface area contributed by atoms with Crippen molar-refractivity contribution in [3.8, 4) is 0 Å². The molecule has 0 spiro atoms. The molecule has 1 aliphatic carbocycles. The summed E-state index contributed by atoms with van der Waals surface area (Å²) < 4.78 is 22.4. The number of ketones is 1. The van der Waals surface area contributed by atoms with Gasteiger partial charge >= 0.3 is 0 Å². The Balaban J connectivity index is 2.31. The Kier molecular flexibility index (Phi) is 3.01. The van der Waals surface area contributed by atoms with Crippen molar-refractivity contribution in [2.45, 2.75) is 44.4 Å². The number of hydrogen-bond donors (Lipinski definition) is 0. The minimum atomic E-state index is -1.04. The van der Waals surface area contributed by atoms with Crippen LogP contribution in [0.1, 0.15) is 26.7 Å². The molecule has 0 aromatic carbocycles. The van der Waals surface area contributed by atoms with Crippen LogP contribution < -0.4 is 0 Å². The molecule has 2 rings (SSSR count).